The highest BCUT2D eigenvalue weighted by Crippen LogP contribution is 2.35. The van der Waals surface area contributed by atoms with Gasteiger partial charge in [0.05, 0.1) is 5.02 Å². The van der Waals surface area contributed by atoms with E-state index in [1.54, 1.807) is 0 Å². The predicted molar refractivity (Wildman–Crippen MR) is 50.1 cm³/mol. The van der Waals surface area contributed by atoms with Gasteiger partial charge in [0, 0.05) is 11.1 Å². The highest BCUT2D eigenvalue weighted by molar-refractivity contribution is 6.44. The number of carbonyl (C=O) groups is 1. The van der Waals surface area contributed by atoms with E-state index in [0.29, 0.717) is 0 Å². The Morgan fingerprint density at radius 3 is 2.46 bits per heavy atom. The maximum absolute atomic E-state index is 10.2. The van der Waals surface area contributed by atoms with Crippen molar-refractivity contribution in [3.05, 3.63) is 27.2 Å². The van der Waals surface area contributed by atoms with Gasteiger partial charge in [-0.3, -0.25) is 0 Å². The van der Waals surface area contributed by atoms with Crippen LogP contribution in [-0.2, 0) is 0 Å². The lowest BCUT2D eigenvalue weighted by Crippen LogP contribution is -2.03. The summed E-state index contributed by atoms with van der Waals surface area (Å²) in [6.07, 6.45) is -1.47. The molecule has 13 heavy (non-hydrogen) atoms. The Kier molecular flexibility index (Phi) is 3.25. The smallest absolute Gasteiger partial charge is 0.449 e. The first-order valence-electron chi connectivity index (χ1n) is 3.06. The monoisotopic (exact) mass is 240 g/mol. The molecular weight excluding hydrogens is 238 g/mol. The first kappa shape index (κ1) is 10.4. The van der Waals surface area contributed by atoms with Gasteiger partial charge in [-0.25, -0.2) is 4.79 Å². The van der Waals surface area contributed by atoms with Crippen molar-refractivity contribution in [1.29, 1.82) is 0 Å². The lowest BCUT2D eigenvalue weighted by molar-refractivity contribution is 0.144. The van der Waals surface area contributed by atoms with Crippen LogP contribution in [0, 0.1) is 0 Å². The van der Waals surface area contributed by atoms with Crippen LogP contribution >= 0.6 is 34.8 Å². The third kappa shape index (κ3) is 2.66. The van der Waals surface area contributed by atoms with E-state index < -0.39 is 6.16 Å². The molecule has 1 N–H and O–H groups in total. The molecule has 1 rings (SSSR count). The summed E-state index contributed by atoms with van der Waals surface area (Å²) >= 11 is 16.8. The molecular formula is C7H3Cl3O3. The molecule has 6 heteroatoms. The fourth-order valence-electron chi connectivity index (χ4n) is 0.701. The number of hydrogen-bond donors (Lipinski definition) is 1. The maximum atomic E-state index is 10.2. The normalized spacial score (nSPS) is 9.77. The van der Waals surface area contributed by atoms with E-state index >= 15 is 0 Å². The Labute approximate surface area is 88.8 Å². The number of rotatable bonds is 1. The van der Waals surface area contributed by atoms with Gasteiger partial charge in [0.2, 0.25) is 0 Å². The molecule has 0 radical (unpaired) electrons. The average molecular weight is 241 g/mol. The quantitative estimate of drug-likeness (QED) is 0.463. The molecule has 0 aliphatic rings. The van der Waals surface area contributed by atoms with Gasteiger partial charge in [-0.15, -0.1) is 0 Å². The Hall–Kier alpha value is -0.640. The highest BCUT2D eigenvalue weighted by Gasteiger charge is 2.10. The number of carboxylic acid groups (broad SMARTS) is 1. The Balaban J connectivity index is 3.12. The lowest BCUT2D eigenvalue weighted by atomic mass is 10.3. The summed E-state index contributed by atoms with van der Waals surface area (Å²) in [5, 5.41) is 8.73. The van der Waals surface area contributed by atoms with Crippen LogP contribution in [0.1, 0.15) is 0 Å². The Morgan fingerprint density at radius 1 is 1.31 bits per heavy atom. The first-order chi connectivity index (χ1) is 6.00. The molecule has 0 unspecified atom stereocenters. The van der Waals surface area contributed by atoms with Crippen LogP contribution in [0.5, 0.6) is 5.75 Å². The summed E-state index contributed by atoms with van der Waals surface area (Å²) in [4.78, 5) is 10.2. The third-order valence-electron chi connectivity index (χ3n) is 1.16. The maximum Gasteiger partial charge on any atom is 0.511 e. The molecule has 1 aromatic carbocycles. The second kappa shape index (κ2) is 4.05. The second-order valence-corrected chi connectivity index (χ2v) is 3.29. The van der Waals surface area contributed by atoms with E-state index in [4.69, 9.17) is 39.9 Å². The van der Waals surface area contributed by atoms with Crippen molar-refractivity contribution in [1.82, 2.24) is 0 Å². The van der Waals surface area contributed by atoms with Gasteiger partial charge >= 0.3 is 6.16 Å². The van der Waals surface area contributed by atoms with Gasteiger partial charge in [-0.1, -0.05) is 34.8 Å². The summed E-state index contributed by atoms with van der Waals surface area (Å²) < 4.78 is 4.32. The van der Waals surface area contributed by atoms with E-state index in [1.807, 2.05) is 0 Å². The van der Waals surface area contributed by atoms with E-state index in [9.17, 15) is 4.79 Å². The van der Waals surface area contributed by atoms with E-state index in [-0.39, 0.29) is 20.8 Å². The number of hydrogen-bond acceptors (Lipinski definition) is 2. The minimum absolute atomic E-state index is 0.0217. The highest BCUT2D eigenvalue weighted by atomic mass is 35.5. The summed E-state index contributed by atoms with van der Waals surface area (Å²) in [7, 11) is 0. The van der Waals surface area contributed by atoms with E-state index in [1.165, 1.54) is 12.1 Å². The van der Waals surface area contributed by atoms with Crippen molar-refractivity contribution in [3.8, 4) is 5.75 Å². The molecule has 0 saturated heterocycles. The van der Waals surface area contributed by atoms with Gasteiger partial charge in [0.25, 0.3) is 0 Å². The fourth-order valence-corrected chi connectivity index (χ4v) is 1.32. The predicted octanol–water partition coefficient (Wildman–Crippen LogP) is 3.70. The zero-order valence-electron chi connectivity index (χ0n) is 6.05. The summed E-state index contributed by atoms with van der Waals surface area (Å²) in [5.74, 6) is -0.0772. The van der Waals surface area contributed by atoms with Crippen LogP contribution in [0.15, 0.2) is 12.1 Å². The standard InChI is InChI=1S/C7H3Cl3O3/c8-3-1-4(9)6(10)5(2-3)13-7(11)12/h1-2H,(H,11,12). The Bertz CT molecular complexity index is 351. The van der Waals surface area contributed by atoms with Crippen LogP contribution in [0.3, 0.4) is 0 Å². The van der Waals surface area contributed by atoms with Crippen molar-refractivity contribution < 1.29 is 14.6 Å². The molecule has 0 atom stereocenters. The van der Waals surface area contributed by atoms with Crippen LogP contribution in [0.2, 0.25) is 15.1 Å². The van der Waals surface area contributed by atoms with Crippen molar-refractivity contribution in [2.75, 3.05) is 0 Å². The number of benzene rings is 1. The molecule has 0 amide bonds. The van der Waals surface area contributed by atoms with Crippen molar-refractivity contribution >= 4 is 41.0 Å². The third-order valence-corrected chi connectivity index (χ3v) is 2.16. The van der Waals surface area contributed by atoms with Crippen molar-refractivity contribution in [2.24, 2.45) is 0 Å². The topological polar surface area (TPSA) is 46.5 Å². The average Bonchev–Trinajstić information content (AvgIpc) is 1.98. The molecule has 70 valence electrons. The first-order valence-corrected chi connectivity index (χ1v) is 4.19. The number of ether oxygens (including phenoxy) is 1. The number of halogens is 3. The summed E-state index contributed by atoms with van der Waals surface area (Å²) in [5.41, 5.74) is 0. The van der Waals surface area contributed by atoms with Crippen molar-refractivity contribution in [3.63, 3.8) is 0 Å². The zero-order valence-corrected chi connectivity index (χ0v) is 8.32. The molecule has 0 saturated carbocycles. The van der Waals surface area contributed by atoms with Gasteiger partial charge in [-0.2, -0.15) is 0 Å². The summed E-state index contributed by atoms with van der Waals surface area (Å²) in [6, 6.07) is 2.66. The molecule has 0 bridgehead atoms. The molecule has 0 aromatic heterocycles. The minimum Gasteiger partial charge on any atom is -0.449 e. The van der Waals surface area contributed by atoms with Crippen LogP contribution in [0.4, 0.5) is 4.79 Å². The zero-order chi connectivity index (χ0) is 10.0. The van der Waals surface area contributed by atoms with Gasteiger partial charge in [0.15, 0.2) is 5.75 Å². The molecule has 0 fully saturated rings. The van der Waals surface area contributed by atoms with E-state index in [0.717, 1.165) is 0 Å². The molecule has 0 spiro atoms. The molecule has 1 aromatic rings. The van der Waals surface area contributed by atoms with E-state index in [2.05, 4.69) is 4.74 Å². The second-order valence-electron chi connectivity index (χ2n) is 2.07. The van der Waals surface area contributed by atoms with Gasteiger partial charge in [0.1, 0.15) is 5.02 Å². The molecule has 0 heterocycles. The lowest BCUT2D eigenvalue weighted by Gasteiger charge is -2.04. The van der Waals surface area contributed by atoms with Gasteiger partial charge < -0.3 is 9.84 Å². The Morgan fingerprint density at radius 2 is 1.92 bits per heavy atom. The van der Waals surface area contributed by atoms with Gasteiger partial charge in [-0.05, 0) is 6.07 Å². The fraction of sp³-hybridized carbons (Fsp3) is 0. The largest absolute Gasteiger partial charge is 0.511 e. The van der Waals surface area contributed by atoms with Crippen LogP contribution in [0.25, 0.3) is 0 Å². The van der Waals surface area contributed by atoms with Crippen LogP contribution in [-0.4, -0.2) is 11.3 Å². The van der Waals surface area contributed by atoms with Crippen molar-refractivity contribution in [2.45, 2.75) is 0 Å². The van der Waals surface area contributed by atoms with Crippen LogP contribution < -0.4 is 4.74 Å². The molecule has 0 aliphatic carbocycles. The summed E-state index contributed by atoms with van der Waals surface area (Å²) in [6.45, 7) is 0. The SMILES string of the molecule is O=C(O)Oc1cc(Cl)cc(Cl)c1Cl. The molecule has 3 nitrogen and oxygen atoms in total. The molecule has 0 aliphatic heterocycles. The minimum atomic E-state index is -1.47.